The van der Waals surface area contributed by atoms with E-state index in [0.717, 1.165) is 0 Å². The SMILES string of the molecule is CC(C)(C)c1ccc(N2c3ccccc3B3c4sc5cc6c(cc5c4N(c4ccc(C(C)(C)C)cc4)c4cc([Si-](C)(C)C)cc2c43)C(C)(C)CCC6(C)C)cc1. The summed E-state index contributed by atoms with van der Waals surface area (Å²) < 4.78 is 2.87. The summed E-state index contributed by atoms with van der Waals surface area (Å²) in [5.41, 5.74) is 16.8. The Morgan fingerprint density at radius 3 is 1.64 bits per heavy atom. The van der Waals surface area contributed by atoms with E-state index < -0.39 is 8.07 Å². The fourth-order valence-corrected chi connectivity index (χ4v) is 12.2. The minimum Gasteiger partial charge on any atom is -0.312 e. The number of benzene rings is 5. The molecule has 0 amide bonds. The molecule has 56 heavy (non-hydrogen) atoms. The van der Waals surface area contributed by atoms with Crippen LogP contribution in [0.15, 0.2) is 97.1 Å². The summed E-state index contributed by atoms with van der Waals surface area (Å²) in [7, 11) is -1.79. The number of para-hydroxylation sites is 1. The van der Waals surface area contributed by atoms with E-state index in [1.807, 2.05) is 11.3 Å². The van der Waals surface area contributed by atoms with Gasteiger partial charge in [0.05, 0.1) is 5.69 Å². The van der Waals surface area contributed by atoms with Gasteiger partial charge in [-0.2, -0.15) is 24.8 Å². The van der Waals surface area contributed by atoms with Gasteiger partial charge in [0.2, 0.25) is 0 Å². The van der Waals surface area contributed by atoms with Crippen LogP contribution in [0, 0.1) is 0 Å². The van der Waals surface area contributed by atoms with Crippen LogP contribution in [0.3, 0.4) is 0 Å². The first-order chi connectivity index (χ1) is 26.1. The lowest BCUT2D eigenvalue weighted by molar-refractivity contribution is 0.332. The molecule has 2 aliphatic heterocycles. The standard InChI is InChI=1S/C51H59BN2SSi/c1-48(2,3)32-18-22-34(23-19-32)53-41-17-15-14-16-40(41)52-45-42(53)28-36(56(11,12)13)29-43(45)54(35-24-20-33(21-25-35)49(4,5)6)46-37-30-38-39(31-44(37)55-47(46)52)51(9,10)27-26-50(38,7)8/h14-25,28-31H,26-27H2,1-13H3/q-1. The Labute approximate surface area is 342 Å². The average molecular weight is 771 g/mol. The van der Waals surface area contributed by atoms with Crippen LogP contribution in [0.1, 0.15) is 104 Å². The van der Waals surface area contributed by atoms with Crippen molar-refractivity contribution in [3.63, 3.8) is 0 Å². The summed E-state index contributed by atoms with van der Waals surface area (Å²) in [6.45, 7) is 31.4. The highest BCUT2D eigenvalue weighted by Crippen LogP contribution is 2.52. The van der Waals surface area contributed by atoms with Crippen LogP contribution in [0.5, 0.6) is 0 Å². The Kier molecular flexibility index (Phi) is 8.19. The third kappa shape index (κ3) is 5.77. The highest BCUT2D eigenvalue weighted by Gasteiger charge is 2.46. The van der Waals surface area contributed by atoms with Crippen molar-refractivity contribution >= 4 is 91.2 Å². The zero-order valence-corrected chi connectivity index (χ0v) is 37.8. The second-order valence-corrected chi connectivity index (χ2v) is 27.6. The lowest BCUT2D eigenvalue weighted by Gasteiger charge is -2.45. The Bertz CT molecular complexity index is 2540. The van der Waals surface area contributed by atoms with Gasteiger partial charge in [-0.25, -0.2) is 0 Å². The van der Waals surface area contributed by atoms with Gasteiger partial charge in [-0.1, -0.05) is 124 Å². The zero-order chi connectivity index (χ0) is 39.9. The van der Waals surface area contributed by atoms with Gasteiger partial charge in [0.25, 0.3) is 6.71 Å². The maximum Gasteiger partial charge on any atom is 0.264 e. The normalized spacial score (nSPS) is 17.1. The minimum absolute atomic E-state index is 0.0763. The van der Waals surface area contributed by atoms with Gasteiger partial charge in [0.1, 0.15) is 0 Å². The molecule has 3 aliphatic rings. The summed E-state index contributed by atoms with van der Waals surface area (Å²) in [6, 6.07) is 38.6. The van der Waals surface area contributed by atoms with Crippen LogP contribution in [0.4, 0.5) is 34.1 Å². The van der Waals surface area contributed by atoms with E-state index in [9.17, 15) is 0 Å². The first kappa shape index (κ1) is 37.5. The first-order valence-electron chi connectivity index (χ1n) is 20.9. The molecule has 0 saturated carbocycles. The molecule has 0 fully saturated rings. The van der Waals surface area contributed by atoms with Crippen LogP contribution in [-0.4, -0.2) is 14.8 Å². The zero-order valence-electron chi connectivity index (χ0n) is 36.0. The largest absolute Gasteiger partial charge is 0.312 e. The number of nitrogens with zero attached hydrogens (tertiary/aromatic N) is 2. The van der Waals surface area contributed by atoms with Gasteiger partial charge < -0.3 is 9.80 Å². The number of fused-ring (bicyclic) bond motifs is 7. The molecule has 3 heterocycles. The first-order valence-corrected chi connectivity index (χ1v) is 25.2. The molecule has 5 aromatic carbocycles. The van der Waals surface area contributed by atoms with E-state index >= 15 is 0 Å². The number of hydrogen-bond donors (Lipinski definition) is 0. The molecule has 9 rings (SSSR count). The molecule has 1 aromatic heterocycles. The van der Waals surface area contributed by atoms with Crippen molar-refractivity contribution in [2.24, 2.45) is 0 Å². The molecule has 2 nitrogen and oxygen atoms in total. The van der Waals surface area contributed by atoms with Gasteiger partial charge in [-0.05, 0) is 110 Å². The Balaban J connectivity index is 1.40. The predicted molar refractivity (Wildman–Crippen MR) is 252 cm³/mol. The van der Waals surface area contributed by atoms with Crippen LogP contribution in [0.25, 0.3) is 10.1 Å². The molecule has 0 spiro atoms. The molecular weight excluding hydrogens is 712 g/mol. The predicted octanol–water partition coefficient (Wildman–Crippen LogP) is 12.5. The van der Waals surface area contributed by atoms with Crippen molar-refractivity contribution in [1.29, 1.82) is 0 Å². The molecule has 287 valence electrons. The highest BCUT2D eigenvalue weighted by atomic mass is 32.1. The van der Waals surface area contributed by atoms with Gasteiger partial charge in [-0.15, -0.1) is 19.4 Å². The summed E-state index contributed by atoms with van der Waals surface area (Å²) >= 11 is 2.04. The summed E-state index contributed by atoms with van der Waals surface area (Å²) in [6.07, 6.45) is 2.42. The number of hydrogen-bond acceptors (Lipinski definition) is 3. The molecule has 0 unspecified atom stereocenters. The Morgan fingerprint density at radius 2 is 1.11 bits per heavy atom. The molecule has 0 radical (unpaired) electrons. The van der Waals surface area contributed by atoms with Crippen molar-refractivity contribution in [3.05, 3.63) is 119 Å². The lowest BCUT2D eigenvalue weighted by Crippen LogP contribution is -2.61. The second-order valence-electron chi connectivity index (χ2n) is 21.4. The van der Waals surface area contributed by atoms with Crippen molar-refractivity contribution in [3.8, 4) is 0 Å². The maximum absolute atomic E-state index is 2.68. The molecule has 0 saturated heterocycles. The van der Waals surface area contributed by atoms with Gasteiger partial charge in [0.15, 0.2) is 0 Å². The van der Waals surface area contributed by atoms with Crippen LogP contribution >= 0.6 is 11.3 Å². The van der Waals surface area contributed by atoms with Gasteiger partial charge in [-0.3, -0.25) is 0 Å². The molecule has 6 aromatic rings. The van der Waals surface area contributed by atoms with E-state index in [-0.39, 0.29) is 28.4 Å². The van der Waals surface area contributed by atoms with E-state index in [0.29, 0.717) is 0 Å². The highest BCUT2D eigenvalue weighted by molar-refractivity contribution is 7.33. The lowest BCUT2D eigenvalue weighted by atomic mass is 9.36. The smallest absolute Gasteiger partial charge is 0.264 e. The second kappa shape index (κ2) is 12.2. The third-order valence-corrected chi connectivity index (χ3v) is 16.6. The molecule has 0 atom stereocenters. The van der Waals surface area contributed by atoms with Crippen molar-refractivity contribution in [2.75, 3.05) is 9.80 Å². The Hall–Kier alpha value is -4.06. The van der Waals surface area contributed by atoms with E-state index in [4.69, 9.17) is 0 Å². The fourth-order valence-electron chi connectivity index (χ4n) is 9.69. The van der Waals surface area contributed by atoms with E-state index in [2.05, 4.69) is 196 Å². The average Bonchev–Trinajstić information content (AvgIpc) is 3.50. The Morgan fingerprint density at radius 1 is 0.607 bits per heavy atom. The monoisotopic (exact) mass is 770 g/mol. The maximum atomic E-state index is 2.68. The van der Waals surface area contributed by atoms with Crippen LogP contribution in [0.2, 0.25) is 19.6 Å². The summed E-state index contributed by atoms with van der Waals surface area (Å²) in [4.78, 5) is 5.27. The fraction of sp³-hybridized carbons (Fsp3) is 0.373. The summed E-state index contributed by atoms with van der Waals surface area (Å²) in [5, 5.41) is 2.89. The number of rotatable bonds is 3. The molecule has 1 aliphatic carbocycles. The summed E-state index contributed by atoms with van der Waals surface area (Å²) in [5.74, 6) is 0. The molecular formula is C51H59BN2SSi-. The van der Waals surface area contributed by atoms with E-state index in [1.54, 1.807) is 0 Å². The van der Waals surface area contributed by atoms with E-state index in [1.165, 1.54) is 100 Å². The van der Waals surface area contributed by atoms with Crippen molar-refractivity contribution < 1.29 is 0 Å². The topological polar surface area (TPSA) is 6.48 Å². The quantitative estimate of drug-likeness (QED) is 0.165. The van der Waals surface area contributed by atoms with Gasteiger partial charge in [0, 0.05) is 43.3 Å². The van der Waals surface area contributed by atoms with Gasteiger partial charge >= 0.3 is 0 Å². The minimum atomic E-state index is -1.79. The van der Waals surface area contributed by atoms with Crippen molar-refractivity contribution in [1.82, 2.24) is 0 Å². The molecule has 5 heteroatoms. The van der Waals surface area contributed by atoms with Crippen LogP contribution < -0.4 is 30.7 Å². The number of anilines is 6. The molecule has 0 N–H and O–H groups in total. The number of thiophene rings is 1. The molecule has 0 bridgehead atoms. The van der Waals surface area contributed by atoms with Crippen LogP contribution in [-0.2, 0) is 21.7 Å². The van der Waals surface area contributed by atoms with Crippen molar-refractivity contribution in [2.45, 2.75) is 123 Å². The third-order valence-electron chi connectivity index (χ3n) is 13.4.